The van der Waals surface area contributed by atoms with Crippen LogP contribution in [-0.2, 0) is 0 Å². The molecule has 0 spiro atoms. The highest BCUT2D eigenvalue weighted by Gasteiger charge is 2.65. The van der Waals surface area contributed by atoms with Gasteiger partial charge in [0.2, 0.25) is 0 Å². The fourth-order valence-electron chi connectivity index (χ4n) is 18.8. The highest BCUT2D eigenvalue weighted by molar-refractivity contribution is 5.14. The Kier molecular flexibility index (Phi) is 30.8. The van der Waals surface area contributed by atoms with E-state index in [4.69, 9.17) is 0 Å². The van der Waals surface area contributed by atoms with Gasteiger partial charge in [0.05, 0.1) is 0 Å². The first-order chi connectivity index (χ1) is 32.8. The second kappa shape index (κ2) is 33.7. The fourth-order valence-corrected chi connectivity index (χ4v) is 18.8. The summed E-state index contributed by atoms with van der Waals surface area (Å²) in [4.78, 5) is 0. The van der Waals surface area contributed by atoms with Gasteiger partial charge in [0, 0.05) is 0 Å². The molecule has 16 unspecified atom stereocenters. The minimum atomic E-state index is 1.02. The molecule has 0 saturated heterocycles. The van der Waals surface area contributed by atoms with Gasteiger partial charge >= 0.3 is 0 Å². The Balaban J connectivity index is 0.000000211. The summed E-state index contributed by atoms with van der Waals surface area (Å²) in [5.41, 5.74) is 0. The third kappa shape index (κ3) is 16.2. The van der Waals surface area contributed by atoms with Crippen LogP contribution in [0.1, 0.15) is 310 Å². The first kappa shape index (κ1) is 61.3. The van der Waals surface area contributed by atoms with Crippen molar-refractivity contribution in [2.24, 2.45) is 118 Å². The van der Waals surface area contributed by atoms with Gasteiger partial charge in [-0.05, 0) is 221 Å². The first-order valence-corrected chi connectivity index (χ1v) is 32.8. The molecule has 0 heterocycles. The van der Waals surface area contributed by atoms with Crippen molar-refractivity contribution < 1.29 is 0 Å². The number of fused-ring (bicyclic) bond motifs is 22. The van der Waals surface area contributed by atoms with Gasteiger partial charge in [-0.15, -0.1) is 0 Å². The predicted octanol–water partition coefficient (Wildman–Crippen LogP) is 22.8. The zero-order chi connectivity index (χ0) is 49.5. The second-order valence-electron chi connectivity index (χ2n) is 25.0. The molecule has 0 radical (unpaired) electrons. The van der Waals surface area contributed by atoms with Crippen LogP contribution >= 0.6 is 0 Å². The van der Waals surface area contributed by atoms with Crippen LogP contribution in [0.4, 0.5) is 0 Å². The lowest BCUT2D eigenvalue weighted by molar-refractivity contribution is 0.0716. The predicted molar refractivity (Wildman–Crippen MR) is 304 cm³/mol. The Bertz CT molecular complexity index is 1050. The Morgan fingerprint density at radius 3 is 0.761 bits per heavy atom. The summed E-state index contributed by atoms with van der Waals surface area (Å²) in [7, 11) is 0. The first-order valence-electron chi connectivity index (χ1n) is 32.8. The van der Waals surface area contributed by atoms with Crippen LogP contribution in [0.15, 0.2) is 0 Å². The van der Waals surface area contributed by atoms with Crippen LogP contribution in [0.3, 0.4) is 0 Å². The van der Waals surface area contributed by atoms with Crippen LogP contribution in [0.5, 0.6) is 0 Å². The van der Waals surface area contributed by atoms with E-state index in [1.54, 1.807) is 122 Å². The maximum atomic E-state index is 2.37. The molecule has 0 aromatic heterocycles. The number of rotatable bonds is 2. The zero-order valence-electron chi connectivity index (χ0n) is 49.5. The van der Waals surface area contributed by atoms with Crippen molar-refractivity contribution in [3.05, 3.63) is 0 Å². The van der Waals surface area contributed by atoms with E-state index in [0.29, 0.717) is 0 Å². The van der Waals surface area contributed by atoms with Gasteiger partial charge < -0.3 is 0 Å². The highest BCUT2D eigenvalue weighted by atomic mass is 14.7. The van der Waals surface area contributed by atoms with E-state index in [2.05, 4.69) is 55.4 Å². The van der Waals surface area contributed by atoms with Gasteiger partial charge in [-0.1, -0.05) is 207 Å². The number of hydrogen-bond donors (Lipinski definition) is 0. The molecule has 16 atom stereocenters. The van der Waals surface area contributed by atoms with E-state index >= 15 is 0 Å². The monoisotopic (exact) mass is 935 g/mol. The van der Waals surface area contributed by atoms with Crippen molar-refractivity contribution in [3.63, 3.8) is 0 Å². The van der Waals surface area contributed by atoms with Crippen molar-refractivity contribution in [2.75, 3.05) is 0 Å². The van der Waals surface area contributed by atoms with Crippen LogP contribution < -0.4 is 0 Å². The SMILES string of the molecule is C1CC2C(C1)C1CC2C2C3CCC(C3)C12.C1CC2C3CCC(C3)C2C1.C1CC2C3CCC(C3)C2C1.CC.CC.CC.CC.CC1CCC(C)CC1.CCC.CCC.CCC1CCC(CC)CC1. The van der Waals surface area contributed by atoms with E-state index < -0.39 is 0 Å². The van der Waals surface area contributed by atoms with Crippen LogP contribution in [0.2, 0.25) is 0 Å². The Morgan fingerprint density at radius 1 is 0.254 bits per heavy atom. The van der Waals surface area contributed by atoms with E-state index in [1.807, 2.05) is 55.4 Å². The van der Waals surface area contributed by atoms with Crippen molar-refractivity contribution in [3.8, 4) is 0 Å². The summed E-state index contributed by atoms with van der Waals surface area (Å²) >= 11 is 0. The summed E-state index contributed by atoms with van der Waals surface area (Å²) in [6.07, 6.45) is 47.7. The molecule has 8 bridgehead atoms. The van der Waals surface area contributed by atoms with E-state index in [1.165, 1.54) is 172 Å². The third-order valence-corrected chi connectivity index (χ3v) is 21.4. The molecule has 0 N–H and O–H groups in total. The van der Waals surface area contributed by atoms with Gasteiger partial charge in [-0.2, -0.15) is 0 Å². The summed E-state index contributed by atoms with van der Waals surface area (Å²) in [6.45, 7) is 33.9. The van der Waals surface area contributed by atoms with E-state index in [0.717, 1.165) is 23.7 Å². The molecule has 67 heavy (non-hydrogen) atoms. The summed E-state index contributed by atoms with van der Waals surface area (Å²) in [5.74, 6) is 23.6. The molecule has 13 rings (SSSR count). The van der Waals surface area contributed by atoms with Gasteiger partial charge in [0.15, 0.2) is 0 Å². The Hall–Kier alpha value is 0. The average molecular weight is 936 g/mol. The van der Waals surface area contributed by atoms with Crippen molar-refractivity contribution >= 4 is 0 Å². The maximum absolute atomic E-state index is 2.37. The van der Waals surface area contributed by atoms with E-state index in [-0.39, 0.29) is 0 Å². The van der Waals surface area contributed by atoms with Crippen molar-refractivity contribution in [1.29, 1.82) is 0 Å². The second-order valence-corrected chi connectivity index (χ2v) is 25.0. The number of hydrogen-bond acceptors (Lipinski definition) is 0. The normalized spacial score (nSPS) is 43.3. The summed E-state index contributed by atoms with van der Waals surface area (Å²) in [6, 6.07) is 0. The lowest BCUT2D eigenvalue weighted by atomic mass is 9.64. The van der Waals surface area contributed by atoms with Gasteiger partial charge in [-0.3, -0.25) is 0 Å². The van der Waals surface area contributed by atoms with E-state index in [9.17, 15) is 0 Å². The minimum Gasteiger partial charge on any atom is -0.0683 e. The third-order valence-electron chi connectivity index (χ3n) is 21.4. The molecule has 398 valence electrons. The largest absolute Gasteiger partial charge is 0.0683 e. The average Bonchev–Trinajstić information content (AvgIpc) is 4.21. The Labute approximate surface area is 426 Å². The zero-order valence-corrected chi connectivity index (χ0v) is 49.5. The molecule has 13 saturated carbocycles. The molecule has 0 nitrogen and oxygen atoms in total. The lowest BCUT2D eigenvalue weighted by Gasteiger charge is -2.40. The molecule has 0 amide bonds. The minimum absolute atomic E-state index is 1.02. The standard InChI is InChI=1S/C15H22.2C10H16.C10H20.C8H16.2C3H8.4C2H6/c1-2-10-11(3-1)13-7-12(10)14-8-4-5-9(6-8)15(13)14;2*1-2-9-7-4-5-8(6-7)10(9)3-1;1-3-9-5-7-10(4-2)8-6-9;1-7-3-5-8(2)6-4-7;2*1-3-2;4*1-2/h8-15H,1-7H2;2*7-10H,1-6H2;9-10H,3-8H2,1-2H3;7-8H,3-6H2,1-2H3;2*3H2,1-2H3;4*1-2H3. The van der Waals surface area contributed by atoms with Gasteiger partial charge in [0.1, 0.15) is 0 Å². The molecule has 13 aliphatic rings. The van der Waals surface area contributed by atoms with Crippen LogP contribution in [0.25, 0.3) is 0 Å². The van der Waals surface area contributed by atoms with Crippen LogP contribution in [0, 0.1) is 118 Å². The van der Waals surface area contributed by atoms with Crippen LogP contribution in [-0.4, -0.2) is 0 Å². The highest BCUT2D eigenvalue weighted by Crippen LogP contribution is 2.72. The molecule has 13 fully saturated rings. The summed E-state index contributed by atoms with van der Waals surface area (Å²) in [5, 5.41) is 0. The molecular formula is C67H130. The molecule has 0 heteroatoms. The van der Waals surface area contributed by atoms with Crippen molar-refractivity contribution in [1.82, 2.24) is 0 Å². The smallest absolute Gasteiger partial charge is 0.0321 e. The molecule has 0 aromatic carbocycles. The van der Waals surface area contributed by atoms with Gasteiger partial charge in [0.25, 0.3) is 0 Å². The molecule has 0 aliphatic heterocycles. The quantitative estimate of drug-likeness (QED) is 0.242. The molecule has 0 aromatic rings. The fraction of sp³-hybridized carbons (Fsp3) is 1.00. The van der Waals surface area contributed by atoms with Crippen molar-refractivity contribution in [2.45, 2.75) is 310 Å². The lowest BCUT2D eigenvalue weighted by Crippen LogP contribution is -2.35. The maximum Gasteiger partial charge on any atom is -0.0321 e. The van der Waals surface area contributed by atoms with Gasteiger partial charge in [-0.25, -0.2) is 0 Å². The Morgan fingerprint density at radius 2 is 0.493 bits per heavy atom. The molecular weight excluding hydrogens is 805 g/mol. The molecule has 13 aliphatic carbocycles. The topological polar surface area (TPSA) is 0 Å². The summed E-state index contributed by atoms with van der Waals surface area (Å²) < 4.78 is 0.